The molecular weight excluding hydrogens is 288 g/mol. The van der Waals surface area contributed by atoms with E-state index >= 15 is 0 Å². The van der Waals surface area contributed by atoms with E-state index in [1.807, 2.05) is 20.8 Å². The summed E-state index contributed by atoms with van der Waals surface area (Å²) in [4.78, 5) is 16.2. The van der Waals surface area contributed by atoms with Gasteiger partial charge in [-0.1, -0.05) is 6.07 Å². The van der Waals surface area contributed by atoms with Crippen LogP contribution in [0.3, 0.4) is 0 Å². The summed E-state index contributed by atoms with van der Waals surface area (Å²) in [6.45, 7) is 5.59. The van der Waals surface area contributed by atoms with Crippen molar-refractivity contribution in [3.05, 3.63) is 53.7 Å². The van der Waals surface area contributed by atoms with E-state index in [4.69, 9.17) is 0 Å². The number of nitrogens with one attached hydrogen (secondary N) is 2. The molecule has 1 amide bonds. The average molecular weight is 305 g/mol. The molecule has 0 radical (unpaired) electrons. The van der Waals surface area contributed by atoms with Crippen LogP contribution in [0.1, 0.15) is 31.3 Å². The van der Waals surface area contributed by atoms with E-state index in [0.717, 1.165) is 18.2 Å². The fraction of sp³-hybridized carbons (Fsp3) is 0.250. The van der Waals surface area contributed by atoms with E-state index in [0.29, 0.717) is 5.82 Å². The highest BCUT2D eigenvalue weighted by Gasteiger charge is 2.16. The molecule has 0 atom stereocenters. The zero-order valence-electron chi connectivity index (χ0n) is 12.6. The van der Waals surface area contributed by atoms with E-state index < -0.39 is 11.6 Å². The first-order valence-electron chi connectivity index (χ1n) is 6.76. The molecular formula is C16H17F2N3O. The average Bonchev–Trinajstić information content (AvgIpc) is 2.35. The van der Waals surface area contributed by atoms with Crippen molar-refractivity contribution in [2.24, 2.45) is 0 Å². The maximum Gasteiger partial charge on any atom is 0.270 e. The summed E-state index contributed by atoms with van der Waals surface area (Å²) in [6, 6.07) is 7.89. The van der Waals surface area contributed by atoms with Crippen LogP contribution in [0.5, 0.6) is 0 Å². The molecule has 2 aromatic rings. The smallest absolute Gasteiger partial charge is 0.270 e. The number of nitrogens with zero attached hydrogens (tertiary/aromatic N) is 1. The molecule has 1 aromatic heterocycles. The minimum Gasteiger partial charge on any atom is -0.346 e. The molecule has 0 aliphatic carbocycles. The highest BCUT2D eigenvalue weighted by molar-refractivity contribution is 5.93. The van der Waals surface area contributed by atoms with Crippen LogP contribution in [0, 0.1) is 11.6 Å². The Kier molecular flexibility index (Phi) is 4.40. The van der Waals surface area contributed by atoms with E-state index in [1.54, 1.807) is 18.2 Å². The first kappa shape index (κ1) is 15.9. The summed E-state index contributed by atoms with van der Waals surface area (Å²) in [5.41, 5.74) is 0.0589. The van der Waals surface area contributed by atoms with Crippen molar-refractivity contribution in [3.8, 4) is 0 Å². The minimum atomic E-state index is -0.691. The highest BCUT2D eigenvalue weighted by atomic mass is 19.1. The van der Waals surface area contributed by atoms with Crippen LogP contribution >= 0.6 is 0 Å². The Morgan fingerprint density at radius 1 is 1.09 bits per heavy atom. The second-order valence-corrected chi connectivity index (χ2v) is 5.90. The van der Waals surface area contributed by atoms with Crippen molar-refractivity contribution < 1.29 is 13.6 Å². The third kappa shape index (κ3) is 4.51. The predicted molar refractivity (Wildman–Crippen MR) is 81.1 cm³/mol. The Hall–Kier alpha value is -2.50. The van der Waals surface area contributed by atoms with Gasteiger partial charge in [-0.25, -0.2) is 13.8 Å². The van der Waals surface area contributed by atoms with Gasteiger partial charge < -0.3 is 10.6 Å². The first-order chi connectivity index (χ1) is 10.2. The lowest BCUT2D eigenvalue weighted by Gasteiger charge is -2.20. The van der Waals surface area contributed by atoms with Crippen LogP contribution in [0.25, 0.3) is 0 Å². The molecule has 2 N–H and O–H groups in total. The van der Waals surface area contributed by atoms with Gasteiger partial charge in [0.15, 0.2) is 0 Å². The lowest BCUT2D eigenvalue weighted by atomic mass is 10.1. The number of carbonyl (C=O) groups excluding carboxylic acids is 1. The second-order valence-electron chi connectivity index (χ2n) is 5.90. The van der Waals surface area contributed by atoms with Gasteiger partial charge >= 0.3 is 0 Å². The summed E-state index contributed by atoms with van der Waals surface area (Å²) in [7, 11) is 0. The summed E-state index contributed by atoms with van der Waals surface area (Å²) < 4.78 is 26.3. The molecule has 22 heavy (non-hydrogen) atoms. The van der Waals surface area contributed by atoms with Crippen LogP contribution in [0.4, 0.5) is 20.3 Å². The quantitative estimate of drug-likeness (QED) is 0.910. The number of carbonyl (C=O) groups is 1. The van der Waals surface area contributed by atoms with Gasteiger partial charge in [0, 0.05) is 17.3 Å². The van der Waals surface area contributed by atoms with E-state index in [-0.39, 0.29) is 22.8 Å². The molecule has 0 saturated heterocycles. The number of hydrogen-bond donors (Lipinski definition) is 2. The Morgan fingerprint density at radius 3 is 2.32 bits per heavy atom. The van der Waals surface area contributed by atoms with Gasteiger partial charge in [0.2, 0.25) is 0 Å². The van der Waals surface area contributed by atoms with E-state index in [2.05, 4.69) is 15.6 Å². The Morgan fingerprint density at radius 2 is 1.73 bits per heavy atom. The number of pyridine rings is 1. The van der Waals surface area contributed by atoms with Crippen LogP contribution in [-0.2, 0) is 0 Å². The van der Waals surface area contributed by atoms with Gasteiger partial charge in [-0.05, 0) is 45.0 Å². The number of rotatable bonds is 3. The van der Waals surface area contributed by atoms with Gasteiger partial charge in [0.25, 0.3) is 5.91 Å². The van der Waals surface area contributed by atoms with Gasteiger partial charge in [-0.15, -0.1) is 0 Å². The SMILES string of the molecule is CC(C)(C)NC(=O)c1cccc(Nc2cc(F)cc(F)c2)n1. The number of benzene rings is 1. The zero-order chi connectivity index (χ0) is 16.3. The molecule has 0 aliphatic rings. The summed E-state index contributed by atoms with van der Waals surface area (Å²) >= 11 is 0. The molecule has 116 valence electrons. The third-order valence-corrected chi connectivity index (χ3v) is 2.61. The maximum atomic E-state index is 13.2. The molecule has 6 heteroatoms. The summed E-state index contributed by atoms with van der Waals surface area (Å²) in [6.07, 6.45) is 0. The molecule has 1 aromatic carbocycles. The second kappa shape index (κ2) is 6.09. The predicted octanol–water partition coefficient (Wildman–Crippen LogP) is 3.63. The monoisotopic (exact) mass is 305 g/mol. The summed E-state index contributed by atoms with van der Waals surface area (Å²) in [5.74, 6) is -1.37. The molecule has 0 unspecified atom stereocenters. The molecule has 2 rings (SSSR count). The van der Waals surface area contributed by atoms with Crippen LogP contribution in [0.2, 0.25) is 0 Å². The number of amides is 1. The largest absolute Gasteiger partial charge is 0.346 e. The summed E-state index contributed by atoms with van der Waals surface area (Å²) in [5, 5.41) is 5.57. The number of aromatic nitrogens is 1. The molecule has 1 heterocycles. The lowest BCUT2D eigenvalue weighted by Crippen LogP contribution is -2.40. The topological polar surface area (TPSA) is 54.0 Å². The number of halogens is 2. The Labute approximate surface area is 127 Å². The van der Waals surface area contributed by atoms with Gasteiger partial charge in [-0.3, -0.25) is 4.79 Å². The fourth-order valence-electron chi connectivity index (χ4n) is 1.81. The van der Waals surface area contributed by atoms with Crippen molar-refractivity contribution in [2.45, 2.75) is 26.3 Å². The Balaban J connectivity index is 2.19. The van der Waals surface area contributed by atoms with Crippen molar-refractivity contribution in [3.63, 3.8) is 0 Å². The molecule has 4 nitrogen and oxygen atoms in total. The van der Waals surface area contributed by atoms with Gasteiger partial charge in [-0.2, -0.15) is 0 Å². The minimum absolute atomic E-state index is 0.219. The fourth-order valence-corrected chi connectivity index (χ4v) is 1.81. The zero-order valence-corrected chi connectivity index (χ0v) is 12.6. The molecule has 0 bridgehead atoms. The molecule has 0 spiro atoms. The number of hydrogen-bond acceptors (Lipinski definition) is 3. The van der Waals surface area contributed by atoms with Crippen molar-refractivity contribution in [1.29, 1.82) is 0 Å². The van der Waals surface area contributed by atoms with Crippen LogP contribution in [-0.4, -0.2) is 16.4 Å². The van der Waals surface area contributed by atoms with Crippen molar-refractivity contribution in [1.82, 2.24) is 10.3 Å². The maximum absolute atomic E-state index is 13.2. The van der Waals surface area contributed by atoms with Crippen LogP contribution in [0.15, 0.2) is 36.4 Å². The van der Waals surface area contributed by atoms with E-state index in [1.165, 1.54) is 0 Å². The van der Waals surface area contributed by atoms with Gasteiger partial charge in [0.1, 0.15) is 23.1 Å². The lowest BCUT2D eigenvalue weighted by molar-refractivity contribution is 0.0914. The molecule has 0 fully saturated rings. The van der Waals surface area contributed by atoms with E-state index in [9.17, 15) is 13.6 Å². The first-order valence-corrected chi connectivity index (χ1v) is 6.76. The number of anilines is 2. The third-order valence-electron chi connectivity index (χ3n) is 2.61. The van der Waals surface area contributed by atoms with Crippen molar-refractivity contribution in [2.75, 3.05) is 5.32 Å². The van der Waals surface area contributed by atoms with Crippen LogP contribution < -0.4 is 10.6 Å². The molecule has 0 aliphatic heterocycles. The Bertz CT molecular complexity index is 676. The highest BCUT2D eigenvalue weighted by Crippen LogP contribution is 2.18. The normalized spacial score (nSPS) is 11.1. The molecule has 0 saturated carbocycles. The van der Waals surface area contributed by atoms with Crippen molar-refractivity contribution >= 4 is 17.4 Å². The van der Waals surface area contributed by atoms with Gasteiger partial charge in [0.05, 0.1) is 0 Å². The standard InChI is InChI=1S/C16H17F2N3O/c1-16(2,3)21-15(22)13-5-4-6-14(20-13)19-12-8-10(17)7-11(18)9-12/h4-9H,1-3H3,(H,19,20)(H,21,22).